The number of benzene rings is 1. The monoisotopic (exact) mass is 246 g/mol. The number of halogens is 1. The Balaban J connectivity index is 3.00. The van der Waals surface area contributed by atoms with Gasteiger partial charge in [0.1, 0.15) is 5.82 Å². The first-order valence-corrected chi connectivity index (χ1v) is 6.41. The second-order valence-corrected chi connectivity index (χ2v) is 4.97. The molecule has 0 heterocycles. The maximum Gasteiger partial charge on any atom is 0.277 e. The quantitative estimate of drug-likeness (QED) is 0.873. The van der Waals surface area contributed by atoms with Crippen molar-refractivity contribution in [3.05, 3.63) is 35.6 Å². The molecule has 0 amide bonds. The summed E-state index contributed by atoms with van der Waals surface area (Å²) in [5.74, 6) is -0.352. The van der Waals surface area contributed by atoms with Gasteiger partial charge in [-0.05, 0) is 24.6 Å². The summed E-state index contributed by atoms with van der Waals surface area (Å²) in [6.07, 6.45) is 0. The number of rotatable bonds is 4. The summed E-state index contributed by atoms with van der Waals surface area (Å²) in [5, 5.41) is 5.08. The molecule has 90 valence electrons. The minimum atomic E-state index is -3.73. The molecule has 1 rings (SSSR count). The molecule has 6 heteroatoms. The van der Waals surface area contributed by atoms with E-state index in [1.807, 2.05) is 0 Å². The van der Waals surface area contributed by atoms with E-state index in [0.717, 1.165) is 4.31 Å². The Morgan fingerprint density at radius 3 is 2.25 bits per heavy atom. The van der Waals surface area contributed by atoms with Crippen molar-refractivity contribution < 1.29 is 12.8 Å². The summed E-state index contributed by atoms with van der Waals surface area (Å²) in [4.78, 5) is 0. The van der Waals surface area contributed by atoms with E-state index in [0.29, 0.717) is 5.56 Å². The van der Waals surface area contributed by atoms with Crippen molar-refractivity contribution in [1.82, 2.24) is 4.31 Å². The highest BCUT2D eigenvalue weighted by Crippen LogP contribution is 2.21. The van der Waals surface area contributed by atoms with Gasteiger partial charge in [0, 0.05) is 12.6 Å². The van der Waals surface area contributed by atoms with Crippen molar-refractivity contribution in [2.24, 2.45) is 5.14 Å². The van der Waals surface area contributed by atoms with Crippen molar-refractivity contribution in [1.29, 1.82) is 0 Å². The van der Waals surface area contributed by atoms with Crippen LogP contribution >= 0.6 is 0 Å². The van der Waals surface area contributed by atoms with E-state index in [1.54, 1.807) is 26.0 Å². The number of nitrogens with zero attached hydrogens (tertiary/aromatic N) is 1. The molecule has 0 aliphatic carbocycles. The molecule has 2 N–H and O–H groups in total. The van der Waals surface area contributed by atoms with E-state index in [4.69, 9.17) is 5.14 Å². The molecule has 16 heavy (non-hydrogen) atoms. The Bertz CT molecular complexity index is 444. The van der Waals surface area contributed by atoms with Gasteiger partial charge in [0.25, 0.3) is 10.2 Å². The Kier molecular flexibility index (Phi) is 4.01. The largest absolute Gasteiger partial charge is 0.277 e. The second kappa shape index (κ2) is 4.90. The van der Waals surface area contributed by atoms with Gasteiger partial charge < -0.3 is 0 Å². The molecular weight excluding hydrogens is 231 g/mol. The standard InChI is InChI=1S/C10H15FN2O2S/c1-3-13(16(12,14)15)8(2)9-4-6-10(11)7-5-9/h4-8H,3H2,1-2H3,(H2,12,14,15). The summed E-state index contributed by atoms with van der Waals surface area (Å²) < 4.78 is 36.4. The van der Waals surface area contributed by atoms with Gasteiger partial charge in [-0.25, -0.2) is 9.53 Å². The minimum Gasteiger partial charge on any atom is -0.216 e. The fourth-order valence-corrected chi connectivity index (χ4v) is 2.50. The Morgan fingerprint density at radius 2 is 1.88 bits per heavy atom. The highest BCUT2D eigenvalue weighted by atomic mass is 32.2. The first-order valence-electron chi connectivity index (χ1n) is 4.91. The predicted molar refractivity (Wildman–Crippen MR) is 60.3 cm³/mol. The first kappa shape index (κ1) is 13.1. The van der Waals surface area contributed by atoms with Gasteiger partial charge in [-0.15, -0.1) is 0 Å². The van der Waals surface area contributed by atoms with Gasteiger partial charge in [0.15, 0.2) is 0 Å². The van der Waals surface area contributed by atoms with E-state index < -0.39 is 16.3 Å². The van der Waals surface area contributed by atoms with Crippen molar-refractivity contribution in [3.8, 4) is 0 Å². The second-order valence-electron chi connectivity index (χ2n) is 3.48. The number of nitrogens with two attached hydrogens (primary N) is 1. The van der Waals surface area contributed by atoms with Crippen molar-refractivity contribution in [2.75, 3.05) is 6.54 Å². The molecule has 1 aromatic rings. The highest BCUT2D eigenvalue weighted by molar-refractivity contribution is 7.86. The molecule has 0 fully saturated rings. The Hall–Kier alpha value is -0.980. The first-order chi connectivity index (χ1) is 7.36. The van der Waals surface area contributed by atoms with Gasteiger partial charge in [0.05, 0.1) is 0 Å². The number of hydrogen-bond acceptors (Lipinski definition) is 2. The molecule has 0 radical (unpaired) electrons. The van der Waals surface area contributed by atoms with Crippen LogP contribution in [0, 0.1) is 5.82 Å². The smallest absolute Gasteiger partial charge is 0.216 e. The van der Waals surface area contributed by atoms with E-state index >= 15 is 0 Å². The summed E-state index contributed by atoms with van der Waals surface area (Å²) in [6, 6.07) is 5.29. The van der Waals surface area contributed by atoms with Gasteiger partial charge >= 0.3 is 0 Å². The van der Waals surface area contributed by atoms with Crippen molar-refractivity contribution >= 4 is 10.2 Å². The minimum absolute atomic E-state index is 0.275. The lowest BCUT2D eigenvalue weighted by atomic mass is 10.1. The molecule has 0 saturated carbocycles. The number of hydrogen-bond donors (Lipinski definition) is 1. The third-order valence-electron chi connectivity index (χ3n) is 2.42. The SMILES string of the molecule is CCN(C(C)c1ccc(F)cc1)S(N)(=O)=O. The highest BCUT2D eigenvalue weighted by Gasteiger charge is 2.23. The Labute approximate surface area is 95.1 Å². The maximum atomic E-state index is 12.7. The summed E-state index contributed by atoms with van der Waals surface area (Å²) in [6.45, 7) is 3.68. The van der Waals surface area contributed by atoms with Crippen LogP contribution in [0.25, 0.3) is 0 Å². The molecule has 0 aromatic heterocycles. The molecule has 1 atom stereocenters. The van der Waals surface area contributed by atoms with Crippen LogP contribution in [0.3, 0.4) is 0 Å². The molecule has 0 aliphatic rings. The lowest BCUT2D eigenvalue weighted by Crippen LogP contribution is -2.38. The lowest BCUT2D eigenvalue weighted by Gasteiger charge is -2.25. The van der Waals surface area contributed by atoms with Crippen LogP contribution < -0.4 is 5.14 Å². The average molecular weight is 246 g/mol. The zero-order valence-corrected chi connectivity index (χ0v) is 10.0. The van der Waals surface area contributed by atoms with Crippen LogP contribution in [0.1, 0.15) is 25.5 Å². The topological polar surface area (TPSA) is 63.4 Å². The molecule has 0 saturated heterocycles. The molecular formula is C10H15FN2O2S. The van der Waals surface area contributed by atoms with Gasteiger partial charge in [-0.1, -0.05) is 19.1 Å². The molecule has 1 unspecified atom stereocenters. The van der Waals surface area contributed by atoms with E-state index in [1.165, 1.54) is 12.1 Å². The lowest BCUT2D eigenvalue weighted by molar-refractivity contribution is 0.357. The molecule has 1 aromatic carbocycles. The van der Waals surface area contributed by atoms with Gasteiger partial charge in [-0.2, -0.15) is 12.7 Å². The van der Waals surface area contributed by atoms with Crippen LogP contribution in [-0.2, 0) is 10.2 Å². The third-order valence-corrected chi connectivity index (χ3v) is 3.65. The predicted octanol–water partition coefficient (Wildman–Crippen LogP) is 1.41. The molecule has 0 spiro atoms. The van der Waals surface area contributed by atoms with Crippen molar-refractivity contribution in [2.45, 2.75) is 19.9 Å². The normalized spacial score (nSPS) is 14.1. The Morgan fingerprint density at radius 1 is 1.38 bits per heavy atom. The third kappa shape index (κ3) is 3.01. The van der Waals surface area contributed by atoms with E-state index in [9.17, 15) is 12.8 Å². The van der Waals surface area contributed by atoms with Gasteiger partial charge in [-0.3, -0.25) is 0 Å². The fraction of sp³-hybridized carbons (Fsp3) is 0.400. The van der Waals surface area contributed by atoms with E-state index in [2.05, 4.69) is 0 Å². The summed E-state index contributed by atoms with van der Waals surface area (Å²) in [5.41, 5.74) is 0.706. The molecule has 4 nitrogen and oxygen atoms in total. The van der Waals surface area contributed by atoms with Crippen molar-refractivity contribution in [3.63, 3.8) is 0 Å². The molecule has 0 bridgehead atoms. The van der Waals surface area contributed by atoms with E-state index in [-0.39, 0.29) is 12.4 Å². The summed E-state index contributed by atoms with van der Waals surface area (Å²) >= 11 is 0. The summed E-state index contributed by atoms with van der Waals surface area (Å²) in [7, 11) is -3.73. The van der Waals surface area contributed by atoms with Crippen LogP contribution in [0.5, 0.6) is 0 Å². The molecule has 0 aliphatic heterocycles. The van der Waals surface area contributed by atoms with Crippen LogP contribution in [0.4, 0.5) is 4.39 Å². The van der Waals surface area contributed by atoms with Crippen LogP contribution in [0.2, 0.25) is 0 Å². The zero-order chi connectivity index (χ0) is 12.3. The fourth-order valence-electron chi connectivity index (χ4n) is 1.58. The average Bonchev–Trinajstić information content (AvgIpc) is 2.17. The van der Waals surface area contributed by atoms with Crippen LogP contribution in [0.15, 0.2) is 24.3 Å². The maximum absolute atomic E-state index is 12.7. The van der Waals surface area contributed by atoms with Gasteiger partial charge in [0.2, 0.25) is 0 Å². The van der Waals surface area contributed by atoms with Crippen LogP contribution in [-0.4, -0.2) is 19.3 Å². The zero-order valence-electron chi connectivity index (χ0n) is 9.22.